The van der Waals surface area contributed by atoms with Crippen LogP contribution < -0.4 is 0 Å². The molecular formula is C10H14NO3S. The van der Waals surface area contributed by atoms with E-state index in [1.165, 1.54) is 0 Å². The highest BCUT2D eigenvalue weighted by Crippen LogP contribution is 2.08. The molecule has 1 aromatic carbocycles. The van der Waals surface area contributed by atoms with Gasteiger partial charge in [0, 0.05) is 13.1 Å². The largest absolute Gasteiger partial charge is 0.336 e. The first-order valence-corrected chi connectivity index (χ1v) is 5.99. The Kier molecular flexibility index (Phi) is 4.26. The smallest absolute Gasteiger partial charge is 0.273 e. The summed E-state index contributed by atoms with van der Waals surface area (Å²) in [6, 6.07) is 9.11. The number of nitrogens with zero attached hydrogens (tertiary/aromatic N) is 1. The maximum atomic E-state index is 11.0. The van der Waals surface area contributed by atoms with E-state index in [9.17, 15) is 8.42 Å². The molecule has 0 amide bonds. The molecule has 1 aromatic rings. The Morgan fingerprint density at radius 1 is 1.27 bits per heavy atom. The van der Waals surface area contributed by atoms with Crippen molar-refractivity contribution in [2.24, 2.45) is 0 Å². The molecule has 0 heterocycles. The van der Waals surface area contributed by atoms with Gasteiger partial charge in [0.25, 0.3) is 0 Å². The molecule has 0 fully saturated rings. The predicted molar refractivity (Wildman–Crippen MR) is 58.4 cm³/mol. The predicted octanol–water partition coefficient (Wildman–Crippen LogP) is 1.52. The van der Waals surface area contributed by atoms with Crippen LogP contribution in [0.25, 0.3) is 0 Å². The zero-order valence-electron chi connectivity index (χ0n) is 8.33. The van der Waals surface area contributed by atoms with Crippen molar-refractivity contribution in [1.82, 2.24) is 4.31 Å². The van der Waals surface area contributed by atoms with E-state index in [1.54, 1.807) is 12.1 Å². The summed E-state index contributed by atoms with van der Waals surface area (Å²) in [6.07, 6.45) is 0.423. The van der Waals surface area contributed by atoms with Gasteiger partial charge >= 0.3 is 10.3 Å². The SMILES string of the molecule is [CH2]CCN(Cc1ccccc1)S(=O)(=O)O. The summed E-state index contributed by atoms with van der Waals surface area (Å²) in [6.45, 7) is 3.96. The summed E-state index contributed by atoms with van der Waals surface area (Å²) in [7, 11) is -4.13. The summed E-state index contributed by atoms with van der Waals surface area (Å²) in [5.41, 5.74) is 0.837. The third-order valence-electron chi connectivity index (χ3n) is 1.94. The molecule has 0 saturated heterocycles. The van der Waals surface area contributed by atoms with Crippen LogP contribution in [-0.4, -0.2) is 23.8 Å². The highest BCUT2D eigenvalue weighted by molar-refractivity contribution is 7.83. The normalized spacial score (nSPS) is 11.9. The lowest BCUT2D eigenvalue weighted by Gasteiger charge is -2.17. The second-order valence-corrected chi connectivity index (χ2v) is 4.56. The van der Waals surface area contributed by atoms with Gasteiger partial charge in [0.2, 0.25) is 0 Å². The molecule has 0 bridgehead atoms. The van der Waals surface area contributed by atoms with Gasteiger partial charge in [-0.25, -0.2) is 0 Å². The van der Waals surface area contributed by atoms with Crippen molar-refractivity contribution < 1.29 is 13.0 Å². The molecule has 1 N–H and O–H groups in total. The van der Waals surface area contributed by atoms with Gasteiger partial charge in [-0.15, -0.1) is 0 Å². The highest BCUT2D eigenvalue weighted by atomic mass is 32.2. The maximum absolute atomic E-state index is 11.0. The standard InChI is InChI=1S/C10H14NO3S/c1-2-8-11(15(12,13)14)9-10-6-4-3-5-7-10/h3-7H,1-2,8-9H2,(H,12,13,14). The molecule has 0 spiro atoms. The number of rotatable bonds is 5. The molecule has 1 rings (SSSR count). The van der Waals surface area contributed by atoms with E-state index in [4.69, 9.17) is 4.55 Å². The lowest BCUT2D eigenvalue weighted by atomic mass is 10.2. The van der Waals surface area contributed by atoms with Crippen molar-refractivity contribution in [2.75, 3.05) is 6.54 Å². The van der Waals surface area contributed by atoms with E-state index in [0.717, 1.165) is 9.87 Å². The third kappa shape index (κ3) is 3.99. The maximum Gasteiger partial charge on any atom is 0.336 e. The minimum Gasteiger partial charge on any atom is -0.273 e. The van der Waals surface area contributed by atoms with Crippen LogP contribution in [0.1, 0.15) is 12.0 Å². The van der Waals surface area contributed by atoms with Crippen LogP contribution in [0.2, 0.25) is 0 Å². The lowest BCUT2D eigenvalue weighted by molar-refractivity contribution is 0.349. The van der Waals surface area contributed by atoms with Crippen LogP contribution in [0.3, 0.4) is 0 Å². The molecule has 15 heavy (non-hydrogen) atoms. The molecule has 0 aromatic heterocycles. The van der Waals surface area contributed by atoms with Crippen LogP contribution >= 0.6 is 0 Å². The van der Waals surface area contributed by atoms with Crippen molar-refractivity contribution in [3.8, 4) is 0 Å². The zero-order chi connectivity index (χ0) is 11.3. The highest BCUT2D eigenvalue weighted by Gasteiger charge is 2.17. The summed E-state index contributed by atoms with van der Waals surface area (Å²) in [5.74, 6) is 0. The molecule has 0 aliphatic heterocycles. The molecule has 1 radical (unpaired) electrons. The minimum atomic E-state index is -4.13. The molecule has 0 atom stereocenters. The Labute approximate surface area is 90.4 Å². The summed E-state index contributed by atoms with van der Waals surface area (Å²) >= 11 is 0. The Bertz CT molecular complexity index is 388. The Hall–Kier alpha value is -0.910. The fourth-order valence-electron chi connectivity index (χ4n) is 1.24. The van der Waals surface area contributed by atoms with E-state index in [-0.39, 0.29) is 13.1 Å². The van der Waals surface area contributed by atoms with E-state index in [0.29, 0.717) is 6.42 Å². The molecule has 0 saturated carbocycles. The summed E-state index contributed by atoms with van der Waals surface area (Å²) in [4.78, 5) is 0. The van der Waals surface area contributed by atoms with E-state index < -0.39 is 10.3 Å². The fourth-order valence-corrected chi connectivity index (χ4v) is 1.91. The van der Waals surface area contributed by atoms with Gasteiger partial charge in [0.15, 0.2) is 0 Å². The first kappa shape index (κ1) is 12.2. The van der Waals surface area contributed by atoms with Crippen molar-refractivity contribution in [2.45, 2.75) is 13.0 Å². The first-order chi connectivity index (χ1) is 7.04. The molecule has 0 unspecified atom stereocenters. The van der Waals surface area contributed by atoms with Gasteiger partial charge < -0.3 is 0 Å². The van der Waals surface area contributed by atoms with Crippen molar-refractivity contribution in [3.63, 3.8) is 0 Å². The third-order valence-corrected chi connectivity index (χ3v) is 2.90. The van der Waals surface area contributed by atoms with Crippen LogP contribution in [0.4, 0.5) is 0 Å². The van der Waals surface area contributed by atoms with Crippen molar-refractivity contribution >= 4 is 10.3 Å². The van der Waals surface area contributed by atoms with E-state index in [2.05, 4.69) is 6.92 Å². The van der Waals surface area contributed by atoms with Crippen LogP contribution in [0, 0.1) is 6.92 Å². The van der Waals surface area contributed by atoms with Crippen molar-refractivity contribution in [1.29, 1.82) is 0 Å². The Morgan fingerprint density at radius 3 is 2.33 bits per heavy atom. The van der Waals surface area contributed by atoms with Crippen molar-refractivity contribution in [3.05, 3.63) is 42.8 Å². The Balaban J connectivity index is 2.76. The van der Waals surface area contributed by atoms with Crippen LogP contribution in [-0.2, 0) is 16.8 Å². The van der Waals surface area contributed by atoms with Crippen LogP contribution in [0.15, 0.2) is 30.3 Å². The Morgan fingerprint density at radius 2 is 1.87 bits per heavy atom. The van der Waals surface area contributed by atoms with Gasteiger partial charge in [-0.1, -0.05) is 37.3 Å². The van der Waals surface area contributed by atoms with Gasteiger partial charge in [-0.05, 0) is 12.0 Å². The van der Waals surface area contributed by atoms with E-state index in [1.807, 2.05) is 18.2 Å². The average Bonchev–Trinajstić information content (AvgIpc) is 2.17. The second-order valence-electron chi connectivity index (χ2n) is 3.15. The van der Waals surface area contributed by atoms with E-state index >= 15 is 0 Å². The monoisotopic (exact) mass is 228 g/mol. The molecule has 0 aliphatic carbocycles. The quantitative estimate of drug-likeness (QED) is 0.777. The average molecular weight is 228 g/mol. The molecule has 4 nitrogen and oxygen atoms in total. The minimum absolute atomic E-state index is 0.176. The lowest BCUT2D eigenvalue weighted by Crippen LogP contribution is -2.30. The zero-order valence-corrected chi connectivity index (χ0v) is 9.15. The molecule has 5 heteroatoms. The van der Waals surface area contributed by atoms with Gasteiger partial charge in [-0.2, -0.15) is 12.7 Å². The number of hydrogen-bond acceptors (Lipinski definition) is 2. The molecular weight excluding hydrogens is 214 g/mol. The summed E-state index contributed by atoms with van der Waals surface area (Å²) in [5, 5.41) is 0. The summed E-state index contributed by atoms with van der Waals surface area (Å²) < 4.78 is 31.9. The van der Waals surface area contributed by atoms with Gasteiger partial charge in [0.1, 0.15) is 0 Å². The second kappa shape index (κ2) is 5.25. The number of benzene rings is 1. The molecule has 83 valence electrons. The fraction of sp³-hybridized carbons (Fsp3) is 0.300. The topological polar surface area (TPSA) is 57.6 Å². The van der Waals surface area contributed by atoms with Gasteiger partial charge in [-0.3, -0.25) is 4.55 Å². The number of hydrogen-bond donors (Lipinski definition) is 1. The molecule has 0 aliphatic rings. The van der Waals surface area contributed by atoms with Crippen LogP contribution in [0.5, 0.6) is 0 Å². The van der Waals surface area contributed by atoms with Gasteiger partial charge in [0.05, 0.1) is 0 Å². The first-order valence-electron chi connectivity index (χ1n) is 4.60.